The van der Waals surface area contributed by atoms with Gasteiger partial charge in [-0.3, -0.25) is 4.79 Å². The van der Waals surface area contributed by atoms with Gasteiger partial charge in [0, 0.05) is 44.1 Å². The van der Waals surface area contributed by atoms with Gasteiger partial charge < -0.3 is 19.4 Å². The largest absolute Gasteiger partial charge is 0.357 e. The van der Waals surface area contributed by atoms with Crippen LogP contribution in [-0.4, -0.2) is 64.0 Å². The molecule has 1 unspecified atom stereocenters. The summed E-state index contributed by atoms with van der Waals surface area (Å²) in [4.78, 5) is 24.3. The monoisotopic (exact) mass is 329 g/mol. The summed E-state index contributed by atoms with van der Waals surface area (Å²) in [5.41, 5.74) is 0.671. The molecule has 0 radical (unpaired) electrons. The number of H-pyrrole nitrogens is 1. The average Bonchev–Trinajstić information content (AvgIpc) is 3.26. The van der Waals surface area contributed by atoms with Crippen molar-refractivity contribution < 1.29 is 4.79 Å². The molecule has 0 saturated carbocycles. The Balaban J connectivity index is 1.65. The van der Waals surface area contributed by atoms with Crippen LogP contribution in [-0.2, 0) is 6.54 Å². The first-order valence-electron chi connectivity index (χ1n) is 8.73. The summed E-state index contributed by atoms with van der Waals surface area (Å²) in [6.07, 6.45) is 8.98. The summed E-state index contributed by atoms with van der Waals surface area (Å²) in [6.45, 7) is 3.63. The summed E-state index contributed by atoms with van der Waals surface area (Å²) in [5.74, 6) is 1.54. The number of aromatic nitrogens is 3. The number of carbonyl (C=O) groups is 1. The highest BCUT2D eigenvalue weighted by molar-refractivity contribution is 5.92. The van der Waals surface area contributed by atoms with Crippen LogP contribution in [0.1, 0.15) is 41.5 Å². The van der Waals surface area contributed by atoms with Crippen LogP contribution in [0.15, 0.2) is 30.7 Å². The molecule has 0 aliphatic carbocycles. The van der Waals surface area contributed by atoms with E-state index in [1.165, 1.54) is 0 Å². The molecule has 24 heavy (non-hydrogen) atoms. The van der Waals surface area contributed by atoms with Crippen molar-refractivity contribution in [1.82, 2.24) is 24.3 Å². The normalized spacial score (nSPS) is 18.3. The third-order valence-corrected chi connectivity index (χ3v) is 4.65. The van der Waals surface area contributed by atoms with E-state index in [4.69, 9.17) is 0 Å². The lowest BCUT2D eigenvalue weighted by Crippen LogP contribution is -2.40. The van der Waals surface area contributed by atoms with Crippen molar-refractivity contribution in [3.8, 4) is 0 Å². The first kappa shape index (κ1) is 16.8. The Morgan fingerprint density at radius 2 is 2.33 bits per heavy atom. The molecule has 1 amide bonds. The number of carbonyl (C=O) groups excluding carboxylic acids is 1. The molecule has 1 atom stereocenters. The molecule has 1 aliphatic heterocycles. The maximum Gasteiger partial charge on any atom is 0.270 e. The highest BCUT2D eigenvalue weighted by atomic mass is 16.2. The molecule has 6 heteroatoms. The van der Waals surface area contributed by atoms with Gasteiger partial charge in [-0.1, -0.05) is 0 Å². The smallest absolute Gasteiger partial charge is 0.270 e. The second kappa shape index (κ2) is 7.66. The fourth-order valence-corrected chi connectivity index (χ4v) is 3.43. The average molecular weight is 329 g/mol. The molecule has 130 valence electrons. The van der Waals surface area contributed by atoms with E-state index in [9.17, 15) is 4.79 Å². The summed E-state index contributed by atoms with van der Waals surface area (Å²) in [6, 6.07) is 3.71. The second-order valence-electron chi connectivity index (χ2n) is 6.81. The van der Waals surface area contributed by atoms with Crippen LogP contribution in [0, 0.1) is 0 Å². The number of imidazole rings is 1. The summed E-state index contributed by atoms with van der Waals surface area (Å²) in [7, 11) is 4.19. The van der Waals surface area contributed by atoms with Gasteiger partial charge in [-0.05, 0) is 52.0 Å². The van der Waals surface area contributed by atoms with E-state index in [0.717, 1.165) is 51.3 Å². The minimum Gasteiger partial charge on any atom is -0.357 e. The predicted octanol–water partition coefficient (Wildman–Crippen LogP) is 2.18. The van der Waals surface area contributed by atoms with Crippen molar-refractivity contribution in [3.63, 3.8) is 0 Å². The lowest BCUT2D eigenvalue weighted by atomic mass is 9.96. The lowest BCUT2D eigenvalue weighted by molar-refractivity contribution is 0.0698. The number of hydrogen-bond donors (Lipinski definition) is 1. The molecular weight excluding hydrogens is 302 g/mol. The van der Waals surface area contributed by atoms with Gasteiger partial charge in [-0.25, -0.2) is 4.98 Å². The third-order valence-electron chi connectivity index (χ3n) is 4.65. The van der Waals surface area contributed by atoms with E-state index in [-0.39, 0.29) is 5.91 Å². The zero-order chi connectivity index (χ0) is 16.9. The molecule has 1 saturated heterocycles. The summed E-state index contributed by atoms with van der Waals surface area (Å²) >= 11 is 0. The minimum atomic E-state index is 0.0930. The SMILES string of the molecule is CN(C)CCCn1ccnc1C1CCCN(C(=O)c2ccc[nH]2)C1. The molecule has 6 nitrogen and oxygen atoms in total. The van der Waals surface area contributed by atoms with Crippen LogP contribution < -0.4 is 0 Å². The van der Waals surface area contributed by atoms with Gasteiger partial charge in [-0.15, -0.1) is 0 Å². The molecular formula is C18H27N5O. The minimum absolute atomic E-state index is 0.0930. The Morgan fingerprint density at radius 1 is 1.46 bits per heavy atom. The van der Waals surface area contributed by atoms with Crippen molar-refractivity contribution in [3.05, 3.63) is 42.2 Å². The molecule has 1 aliphatic rings. The number of likely N-dealkylation sites (tertiary alicyclic amines) is 1. The number of amides is 1. The molecule has 3 heterocycles. The van der Waals surface area contributed by atoms with Crippen LogP contribution in [0.4, 0.5) is 0 Å². The van der Waals surface area contributed by atoms with E-state index in [1.54, 1.807) is 6.20 Å². The zero-order valence-electron chi connectivity index (χ0n) is 14.6. The Hall–Kier alpha value is -2.08. The molecule has 2 aromatic heterocycles. The van der Waals surface area contributed by atoms with Gasteiger partial charge in [0.25, 0.3) is 5.91 Å². The zero-order valence-corrected chi connectivity index (χ0v) is 14.6. The van der Waals surface area contributed by atoms with Crippen LogP contribution in [0.25, 0.3) is 0 Å². The topological polar surface area (TPSA) is 57.2 Å². The van der Waals surface area contributed by atoms with E-state index in [0.29, 0.717) is 11.6 Å². The van der Waals surface area contributed by atoms with Crippen LogP contribution in [0.3, 0.4) is 0 Å². The van der Waals surface area contributed by atoms with Crippen molar-refractivity contribution in [2.45, 2.75) is 31.7 Å². The number of piperidine rings is 1. The number of nitrogens with zero attached hydrogens (tertiary/aromatic N) is 4. The second-order valence-corrected chi connectivity index (χ2v) is 6.81. The van der Waals surface area contributed by atoms with Gasteiger partial charge in [0.05, 0.1) is 0 Å². The Morgan fingerprint density at radius 3 is 3.08 bits per heavy atom. The fraction of sp³-hybridized carbons (Fsp3) is 0.556. The van der Waals surface area contributed by atoms with Gasteiger partial charge >= 0.3 is 0 Å². The highest BCUT2D eigenvalue weighted by Gasteiger charge is 2.28. The first-order valence-corrected chi connectivity index (χ1v) is 8.73. The maximum absolute atomic E-state index is 12.6. The van der Waals surface area contributed by atoms with Gasteiger partial charge in [0.15, 0.2) is 0 Å². The van der Waals surface area contributed by atoms with Gasteiger partial charge in [-0.2, -0.15) is 0 Å². The van der Waals surface area contributed by atoms with Crippen molar-refractivity contribution >= 4 is 5.91 Å². The van der Waals surface area contributed by atoms with Crippen LogP contribution in [0.2, 0.25) is 0 Å². The Bertz CT molecular complexity index is 646. The molecule has 3 rings (SSSR count). The molecule has 1 fully saturated rings. The molecule has 0 aromatic carbocycles. The van der Waals surface area contributed by atoms with Crippen molar-refractivity contribution in [2.24, 2.45) is 0 Å². The summed E-state index contributed by atoms with van der Waals surface area (Å²) < 4.78 is 2.26. The maximum atomic E-state index is 12.6. The third kappa shape index (κ3) is 3.87. The van der Waals surface area contributed by atoms with E-state index >= 15 is 0 Å². The Labute approximate surface area is 143 Å². The molecule has 1 N–H and O–H groups in total. The number of rotatable bonds is 6. The fourth-order valence-electron chi connectivity index (χ4n) is 3.43. The summed E-state index contributed by atoms with van der Waals surface area (Å²) in [5, 5.41) is 0. The molecule has 0 spiro atoms. The molecule has 2 aromatic rings. The Kier molecular flexibility index (Phi) is 5.35. The van der Waals surface area contributed by atoms with E-state index < -0.39 is 0 Å². The number of aryl methyl sites for hydroxylation is 1. The standard InChI is InChI=1S/C18H27N5O/c1-21(2)10-5-12-22-13-9-20-17(22)15-6-4-11-23(14-15)18(24)16-7-3-8-19-16/h3,7-9,13,15,19H,4-6,10-12,14H2,1-2H3. The highest BCUT2D eigenvalue weighted by Crippen LogP contribution is 2.26. The van der Waals surface area contributed by atoms with Crippen LogP contribution >= 0.6 is 0 Å². The predicted molar refractivity (Wildman–Crippen MR) is 94.1 cm³/mol. The number of aromatic amines is 1. The first-order chi connectivity index (χ1) is 11.6. The van der Waals surface area contributed by atoms with Crippen molar-refractivity contribution in [2.75, 3.05) is 33.7 Å². The van der Waals surface area contributed by atoms with Crippen LogP contribution in [0.5, 0.6) is 0 Å². The number of nitrogens with one attached hydrogen (secondary N) is 1. The van der Waals surface area contributed by atoms with Gasteiger partial charge in [0.1, 0.15) is 11.5 Å². The number of hydrogen-bond acceptors (Lipinski definition) is 3. The van der Waals surface area contributed by atoms with E-state index in [2.05, 4.69) is 39.7 Å². The van der Waals surface area contributed by atoms with E-state index in [1.807, 2.05) is 23.2 Å². The van der Waals surface area contributed by atoms with Gasteiger partial charge in [0.2, 0.25) is 0 Å². The lowest BCUT2D eigenvalue weighted by Gasteiger charge is -2.32. The quantitative estimate of drug-likeness (QED) is 0.884. The van der Waals surface area contributed by atoms with Crippen molar-refractivity contribution in [1.29, 1.82) is 0 Å². The molecule has 0 bridgehead atoms.